The van der Waals surface area contributed by atoms with Crippen LogP contribution >= 0.6 is 0 Å². The second-order valence-electron chi connectivity index (χ2n) is 7.55. The zero-order valence-corrected chi connectivity index (χ0v) is 18.2. The summed E-state index contributed by atoms with van der Waals surface area (Å²) in [6, 6.07) is 16.0. The Kier molecular flexibility index (Phi) is 5.53. The minimum Gasteiger partial charge on any atom is -0.340 e. The summed E-state index contributed by atoms with van der Waals surface area (Å²) in [6.07, 6.45) is 6.42. The minimum absolute atomic E-state index is 0.131. The predicted octanol–water partition coefficient (Wildman–Crippen LogP) is 3.06. The minimum atomic E-state index is -0.323. The number of carbonyl (C=O) groups is 1. The molecule has 0 atom stereocenters. The Balaban J connectivity index is 1.24. The maximum Gasteiger partial charge on any atom is 0.261 e. The van der Waals surface area contributed by atoms with Gasteiger partial charge in [-0.3, -0.25) is 18.7 Å². The van der Waals surface area contributed by atoms with E-state index in [0.29, 0.717) is 28.2 Å². The zero-order chi connectivity index (χ0) is 23.5. The third-order valence-corrected chi connectivity index (χ3v) is 5.21. The lowest BCUT2D eigenvalue weighted by Crippen LogP contribution is -2.27. The smallest absolute Gasteiger partial charge is 0.261 e. The van der Waals surface area contributed by atoms with Gasteiger partial charge in [-0.15, -0.1) is 0 Å². The van der Waals surface area contributed by atoms with Crippen molar-refractivity contribution in [3.8, 4) is 5.82 Å². The Morgan fingerprint density at radius 2 is 1.76 bits per heavy atom. The fraction of sp³-hybridized carbons (Fsp3) is 0.0833. The summed E-state index contributed by atoms with van der Waals surface area (Å²) >= 11 is 0. The molecule has 3 aromatic heterocycles. The molecule has 10 nitrogen and oxygen atoms in total. The molecule has 10 heteroatoms. The quantitative estimate of drug-likeness (QED) is 0.406. The second-order valence-corrected chi connectivity index (χ2v) is 7.55. The molecule has 0 saturated carbocycles. The molecule has 0 aliphatic rings. The maximum atomic E-state index is 12.6. The highest BCUT2D eigenvalue weighted by atomic mass is 16.2. The number of hydrogen-bond acceptors (Lipinski definition) is 7. The van der Waals surface area contributed by atoms with E-state index in [1.807, 2.05) is 42.0 Å². The van der Waals surface area contributed by atoms with E-state index in [-0.39, 0.29) is 18.0 Å². The van der Waals surface area contributed by atoms with Crippen molar-refractivity contribution in [1.29, 1.82) is 0 Å². The van der Waals surface area contributed by atoms with Gasteiger partial charge in [0.05, 0.1) is 17.2 Å². The molecule has 2 N–H and O–H groups in total. The van der Waals surface area contributed by atoms with E-state index in [1.54, 1.807) is 36.5 Å². The number of hydrogen-bond donors (Lipinski definition) is 2. The van der Waals surface area contributed by atoms with Gasteiger partial charge in [0.2, 0.25) is 5.91 Å². The molecule has 1 amide bonds. The summed E-state index contributed by atoms with van der Waals surface area (Å²) in [7, 11) is 0. The number of benzene rings is 2. The first-order chi connectivity index (χ1) is 16.6. The number of para-hydroxylation sites is 1. The largest absolute Gasteiger partial charge is 0.340 e. The number of nitrogens with one attached hydrogen (secondary N) is 2. The average molecular weight is 452 g/mol. The summed E-state index contributed by atoms with van der Waals surface area (Å²) in [6.45, 7) is 1.77. The van der Waals surface area contributed by atoms with Crippen LogP contribution in [0.2, 0.25) is 0 Å². The molecule has 2 aromatic carbocycles. The Morgan fingerprint density at radius 1 is 0.971 bits per heavy atom. The van der Waals surface area contributed by atoms with Gasteiger partial charge in [0.25, 0.3) is 5.56 Å². The van der Waals surface area contributed by atoms with Crippen LogP contribution in [0.5, 0.6) is 0 Å². The van der Waals surface area contributed by atoms with Crippen molar-refractivity contribution in [3.05, 3.63) is 95.8 Å². The van der Waals surface area contributed by atoms with Gasteiger partial charge in [0, 0.05) is 29.8 Å². The standard InChI is InChI=1S/C24H20N8O2/c1-16-25-10-11-32(16)22-12-21(26-14-27-22)29-17-6-8-18(9-7-17)30-23(33)13-31-15-28-20-5-3-2-4-19(20)24(31)34/h2-12,14-15H,13H2,1H3,(H,30,33)(H,26,27,29). The number of carbonyl (C=O) groups excluding carboxylic acids is 1. The van der Waals surface area contributed by atoms with Crippen LogP contribution in [0.15, 0.2) is 84.4 Å². The lowest BCUT2D eigenvalue weighted by Gasteiger charge is -2.10. The summed E-state index contributed by atoms with van der Waals surface area (Å²) in [5.41, 5.74) is 1.74. The van der Waals surface area contributed by atoms with E-state index in [4.69, 9.17) is 0 Å². The molecule has 0 aliphatic heterocycles. The fourth-order valence-corrected chi connectivity index (χ4v) is 3.53. The maximum absolute atomic E-state index is 12.6. The molecule has 0 unspecified atom stereocenters. The van der Waals surface area contributed by atoms with Crippen molar-refractivity contribution in [1.82, 2.24) is 29.1 Å². The summed E-state index contributed by atoms with van der Waals surface area (Å²) < 4.78 is 3.16. The molecule has 0 radical (unpaired) electrons. The Hall–Kier alpha value is -4.86. The van der Waals surface area contributed by atoms with E-state index < -0.39 is 0 Å². The number of rotatable bonds is 6. The third-order valence-electron chi connectivity index (χ3n) is 5.21. The van der Waals surface area contributed by atoms with E-state index in [1.165, 1.54) is 17.2 Å². The average Bonchev–Trinajstić information content (AvgIpc) is 3.28. The van der Waals surface area contributed by atoms with Crippen molar-refractivity contribution in [3.63, 3.8) is 0 Å². The molecular formula is C24H20N8O2. The molecule has 0 aliphatic carbocycles. The van der Waals surface area contributed by atoms with Crippen LogP contribution in [-0.4, -0.2) is 35.0 Å². The lowest BCUT2D eigenvalue weighted by atomic mass is 10.2. The van der Waals surface area contributed by atoms with Crippen molar-refractivity contribution < 1.29 is 4.79 Å². The van der Waals surface area contributed by atoms with Gasteiger partial charge in [0.1, 0.15) is 30.3 Å². The van der Waals surface area contributed by atoms with Crippen LogP contribution < -0.4 is 16.2 Å². The van der Waals surface area contributed by atoms with Crippen LogP contribution in [0.1, 0.15) is 5.82 Å². The highest BCUT2D eigenvalue weighted by Crippen LogP contribution is 2.19. The summed E-state index contributed by atoms with van der Waals surface area (Å²) in [5.74, 6) is 1.83. The lowest BCUT2D eigenvalue weighted by molar-refractivity contribution is -0.116. The van der Waals surface area contributed by atoms with Gasteiger partial charge < -0.3 is 10.6 Å². The topological polar surface area (TPSA) is 120 Å². The van der Waals surface area contributed by atoms with Crippen LogP contribution in [0.4, 0.5) is 17.2 Å². The van der Waals surface area contributed by atoms with Crippen LogP contribution in [-0.2, 0) is 11.3 Å². The summed E-state index contributed by atoms with van der Waals surface area (Å²) in [5, 5.41) is 6.50. The number of anilines is 3. The first-order valence-electron chi connectivity index (χ1n) is 10.5. The van der Waals surface area contributed by atoms with Gasteiger partial charge in [-0.2, -0.15) is 0 Å². The van der Waals surface area contributed by atoms with Gasteiger partial charge in [-0.1, -0.05) is 12.1 Å². The van der Waals surface area contributed by atoms with E-state index in [9.17, 15) is 9.59 Å². The molecule has 34 heavy (non-hydrogen) atoms. The van der Waals surface area contributed by atoms with Gasteiger partial charge >= 0.3 is 0 Å². The number of aromatic nitrogens is 6. The van der Waals surface area contributed by atoms with Gasteiger partial charge in [-0.05, 0) is 43.3 Å². The first-order valence-corrected chi connectivity index (χ1v) is 10.5. The zero-order valence-electron chi connectivity index (χ0n) is 18.2. The molecule has 3 heterocycles. The molecule has 168 valence electrons. The molecule has 0 saturated heterocycles. The molecule has 0 fully saturated rings. The molecule has 5 aromatic rings. The van der Waals surface area contributed by atoms with Crippen LogP contribution in [0.25, 0.3) is 16.7 Å². The number of nitrogens with zero attached hydrogens (tertiary/aromatic N) is 6. The third kappa shape index (κ3) is 4.37. The Morgan fingerprint density at radius 3 is 2.56 bits per heavy atom. The first kappa shape index (κ1) is 21.0. The highest BCUT2D eigenvalue weighted by molar-refractivity contribution is 5.91. The number of imidazole rings is 1. The molecule has 0 spiro atoms. The van der Waals surface area contributed by atoms with Crippen molar-refractivity contribution >= 4 is 34.0 Å². The second kappa shape index (κ2) is 8.94. The summed E-state index contributed by atoms with van der Waals surface area (Å²) in [4.78, 5) is 42.0. The van der Waals surface area contributed by atoms with Gasteiger partial charge in [0.15, 0.2) is 0 Å². The predicted molar refractivity (Wildman–Crippen MR) is 128 cm³/mol. The molecule has 0 bridgehead atoms. The van der Waals surface area contributed by atoms with E-state index in [0.717, 1.165) is 11.5 Å². The van der Waals surface area contributed by atoms with Gasteiger partial charge in [-0.25, -0.2) is 19.9 Å². The molecular weight excluding hydrogens is 432 g/mol. The van der Waals surface area contributed by atoms with Crippen LogP contribution in [0, 0.1) is 6.92 Å². The van der Waals surface area contributed by atoms with Crippen molar-refractivity contribution in [2.75, 3.05) is 10.6 Å². The number of amides is 1. The van der Waals surface area contributed by atoms with E-state index >= 15 is 0 Å². The fourth-order valence-electron chi connectivity index (χ4n) is 3.53. The monoisotopic (exact) mass is 452 g/mol. The van der Waals surface area contributed by atoms with Crippen molar-refractivity contribution in [2.24, 2.45) is 0 Å². The number of aryl methyl sites for hydroxylation is 1. The molecule has 5 rings (SSSR count). The van der Waals surface area contributed by atoms with Crippen LogP contribution in [0.3, 0.4) is 0 Å². The van der Waals surface area contributed by atoms with Crippen molar-refractivity contribution in [2.45, 2.75) is 13.5 Å². The number of fused-ring (bicyclic) bond motifs is 1. The van der Waals surface area contributed by atoms with E-state index in [2.05, 4.69) is 30.6 Å². The highest BCUT2D eigenvalue weighted by Gasteiger charge is 2.09. The SMILES string of the molecule is Cc1nccn1-c1cc(Nc2ccc(NC(=O)Cn3cnc4ccccc4c3=O)cc2)ncn1. The Bertz CT molecular complexity index is 1540. The normalized spacial score (nSPS) is 10.9. The Labute approximate surface area is 194 Å².